The van der Waals surface area contributed by atoms with Gasteiger partial charge in [0.05, 0.1) is 23.8 Å². The molecule has 2 amide bonds. The lowest BCUT2D eigenvalue weighted by atomic mass is 10.2. The molecule has 2 N–H and O–H groups in total. The molecule has 0 aliphatic carbocycles. The maximum absolute atomic E-state index is 11.6. The highest BCUT2D eigenvalue weighted by Gasteiger charge is 2.36. The Kier molecular flexibility index (Phi) is 6.71. The van der Waals surface area contributed by atoms with E-state index < -0.39 is 14.3 Å². The lowest BCUT2D eigenvalue weighted by Crippen LogP contribution is -2.41. The van der Waals surface area contributed by atoms with Gasteiger partial charge in [-0.05, 0) is 37.0 Å². The van der Waals surface area contributed by atoms with Gasteiger partial charge in [-0.2, -0.15) is 0 Å². The van der Waals surface area contributed by atoms with Crippen LogP contribution in [0.5, 0.6) is 0 Å². The van der Waals surface area contributed by atoms with Crippen molar-refractivity contribution < 1.29 is 9.22 Å². The first kappa shape index (κ1) is 23.2. The van der Waals surface area contributed by atoms with Crippen LogP contribution >= 0.6 is 0 Å². The van der Waals surface area contributed by atoms with Gasteiger partial charge in [-0.25, -0.2) is 9.78 Å². The molecule has 8 heteroatoms. The molecule has 168 valence electrons. The standard InChI is InChI=1S/C23H35N5O2Si/c1-23(2,3)31(5,6)30-14-10-9-13-28-20(16-27(4)22(24)29)26-19-15-25-18-12-8-7-11-17(18)21(19)28/h7-8,11-12,15H,9-10,13-14,16H2,1-6H3,(H2,24,29). The minimum atomic E-state index is -1.73. The van der Waals surface area contributed by atoms with Crippen molar-refractivity contribution >= 4 is 36.3 Å². The first-order valence-electron chi connectivity index (χ1n) is 10.9. The predicted molar refractivity (Wildman–Crippen MR) is 128 cm³/mol. The molecule has 0 radical (unpaired) electrons. The molecular weight excluding hydrogens is 406 g/mol. The number of rotatable bonds is 8. The van der Waals surface area contributed by atoms with E-state index in [1.54, 1.807) is 7.05 Å². The molecule has 31 heavy (non-hydrogen) atoms. The highest BCUT2D eigenvalue weighted by molar-refractivity contribution is 6.74. The van der Waals surface area contributed by atoms with Gasteiger partial charge < -0.3 is 19.6 Å². The van der Waals surface area contributed by atoms with Crippen molar-refractivity contribution in [2.75, 3.05) is 13.7 Å². The van der Waals surface area contributed by atoms with Gasteiger partial charge in [0, 0.05) is 25.6 Å². The van der Waals surface area contributed by atoms with E-state index >= 15 is 0 Å². The molecule has 3 aromatic rings. The second-order valence-corrected chi connectivity index (χ2v) is 14.5. The van der Waals surface area contributed by atoms with Crippen molar-refractivity contribution in [1.82, 2.24) is 19.4 Å². The molecule has 2 heterocycles. The third-order valence-corrected chi connectivity index (χ3v) is 10.9. The summed E-state index contributed by atoms with van der Waals surface area (Å²) in [5.41, 5.74) is 8.29. The van der Waals surface area contributed by atoms with Gasteiger partial charge in [-0.1, -0.05) is 39.0 Å². The highest BCUT2D eigenvalue weighted by atomic mass is 28.4. The Hall–Kier alpha value is -2.45. The van der Waals surface area contributed by atoms with Crippen molar-refractivity contribution in [2.45, 2.75) is 64.8 Å². The SMILES string of the molecule is CN(Cc1nc2cnc3ccccc3c2n1CCCCO[Si](C)(C)C(C)(C)C)C(N)=O. The number of carbonyl (C=O) groups excluding carboxylic acids is 1. The number of fused-ring (bicyclic) bond motifs is 3. The van der Waals surface area contributed by atoms with Crippen molar-refractivity contribution in [2.24, 2.45) is 5.73 Å². The fourth-order valence-corrected chi connectivity index (χ4v) is 4.47. The fourth-order valence-electron chi connectivity index (χ4n) is 3.38. The lowest BCUT2D eigenvalue weighted by molar-refractivity contribution is 0.215. The molecule has 0 saturated heterocycles. The molecule has 2 aromatic heterocycles. The summed E-state index contributed by atoms with van der Waals surface area (Å²) in [7, 11) is -0.0419. The van der Waals surface area contributed by atoms with E-state index in [0.717, 1.165) is 53.8 Å². The maximum atomic E-state index is 11.6. The number of carbonyl (C=O) groups is 1. The van der Waals surface area contributed by atoms with E-state index in [4.69, 9.17) is 15.1 Å². The predicted octanol–water partition coefficient (Wildman–Crippen LogP) is 4.90. The van der Waals surface area contributed by atoms with Crippen molar-refractivity contribution in [1.29, 1.82) is 0 Å². The van der Waals surface area contributed by atoms with Gasteiger partial charge >= 0.3 is 6.03 Å². The molecule has 0 spiro atoms. The number of aromatic nitrogens is 3. The summed E-state index contributed by atoms with van der Waals surface area (Å²) in [6.45, 7) is 13.3. The number of hydrogen-bond acceptors (Lipinski definition) is 4. The van der Waals surface area contributed by atoms with Gasteiger partial charge in [-0.15, -0.1) is 0 Å². The fraction of sp³-hybridized carbons (Fsp3) is 0.522. The smallest absolute Gasteiger partial charge is 0.314 e. The summed E-state index contributed by atoms with van der Waals surface area (Å²) < 4.78 is 8.55. The topological polar surface area (TPSA) is 86.3 Å². The average molecular weight is 442 g/mol. The largest absolute Gasteiger partial charge is 0.417 e. The molecule has 7 nitrogen and oxygen atoms in total. The summed E-state index contributed by atoms with van der Waals surface area (Å²) in [6, 6.07) is 7.62. The van der Waals surface area contributed by atoms with Crippen LogP contribution in [0.2, 0.25) is 18.1 Å². The zero-order chi connectivity index (χ0) is 22.8. The number of amides is 2. The molecule has 0 aliphatic heterocycles. The molecule has 3 rings (SSSR count). The Balaban J connectivity index is 1.83. The number of aryl methyl sites for hydroxylation is 1. The zero-order valence-electron chi connectivity index (χ0n) is 19.6. The monoisotopic (exact) mass is 441 g/mol. The molecule has 0 saturated carbocycles. The molecule has 1 aromatic carbocycles. The summed E-state index contributed by atoms with van der Waals surface area (Å²) >= 11 is 0. The van der Waals surface area contributed by atoms with E-state index in [9.17, 15) is 4.79 Å². The molecule has 0 aliphatic rings. The van der Waals surface area contributed by atoms with Gasteiger partial charge in [0.15, 0.2) is 8.32 Å². The first-order chi connectivity index (χ1) is 14.5. The van der Waals surface area contributed by atoms with E-state index in [1.165, 1.54) is 4.90 Å². The number of para-hydroxylation sites is 1. The number of pyridine rings is 1. The van der Waals surface area contributed by atoms with Gasteiger partial charge in [0.2, 0.25) is 0 Å². The average Bonchev–Trinajstić information content (AvgIpc) is 3.04. The Morgan fingerprint density at radius 1 is 1.19 bits per heavy atom. The lowest BCUT2D eigenvalue weighted by Gasteiger charge is -2.36. The minimum absolute atomic E-state index is 0.214. The Bertz CT molecular complexity index is 1070. The van der Waals surface area contributed by atoms with Gasteiger partial charge in [0.1, 0.15) is 11.3 Å². The van der Waals surface area contributed by atoms with Crippen LogP contribution in [0.15, 0.2) is 30.5 Å². The maximum Gasteiger partial charge on any atom is 0.314 e. The first-order valence-corrected chi connectivity index (χ1v) is 13.8. The minimum Gasteiger partial charge on any atom is -0.417 e. The number of nitrogens with two attached hydrogens (primary N) is 1. The van der Waals surface area contributed by atoms with Crippen LogP contribution < -0.4 is 5.73 Å². The van der Waals surface area contributed by atoms with Gasteiger partial charge in [-0.3, -0.25) is 4.98 Å². The van der Waals surface area contributed by atoms with E-state index in [2.05, 4.69) is 49.5 Å². The van der Waals surface area contributed by atoms with E-state index in [0.29, 0.717) is 6.54 Å². The Labute approximate surface area is 185 Å². The number of unbranched alkanes of at least 4 members (excludes halogenated alkanes) is 1. The van der Waals surface area contributed by atoms with Crippen LogP contribution in [0.25, 0.3) is 21.9 Å². The molecular formula is C23H35N5O2Si. The molecule has 0 fully saturated rings. The molecule has 0 bridgehead atoms. The Morgan fingerprint density at radius 3 is 2.58 bits per heavy atom. The quantitative estimate of drug-likeness (QED) is 0.398. The highest BCUT2D eigenvalue weighted by Crippen LogP contribution is 2.36. The number of imidazole rings is 1. The van der Waals surface area contributed by atoms with Crippen LogP contribution in [0.4, 0.5) is 4.79 Å². The number of benzene rings is 1. The second-order valence-electron chi connectivity index (χ2n) is 9.70. The Morgan fingerprint density at radius 2 is 1.90 bits per heavy atom. The second kappa shape index (κ2) is 8.96. The van der Waals surface area contributed by atoms with Crippen LogP contribution in [0.3, 0.4) is 0 Å². The normalized spacial score (nSPS) is 12.6. The third-order valence-electron chi connectivity index (χ3n) is 6.36. The summed E-state index contributed by atoms with van der Waals surface area (Å²) in [4.78, 5) is 22.4. The van der Waals surface area contributed by atoms with E-state index in [-0.39, 0.29) is 5.04 Å². The molecule has 0 atom stereocenters. The van der Waals surface area contributed by atoms with Crippen LogP contribution in [0, 0.1) is 0 Å². The van der Waals surface area contributed by atoms with Crippen LogP contribution in [0.1, 0.15) is 39.4 Å². The number of primary amides is 1. The van der Waals surface area contributed by atoms with Crippen LogP contribution in [-0.2, 0) is 17.5 Å². The summed E-state index contributed by atoms with van der Waals surface area (Å²) in [6.07, 6.45) is 3.74. The summed E-state index contributed by atoms with van der Waals surface area (Å²) in [5, 5.41) is 1.28. The van der Waals surface area contributed by atoms with Crippen molar-refractivity contribution in [3.05, 3.63) is 36.3 Å². The number of urea groups is 1. The van der Waals surface area contributed by atoms with Crippen molar-refractivity contribution in [3.63, 3.8) is 0 Å². The number of nitrogens with zero attached hydrogens (tertiary/aromatic N) is 4. The number of hydrogen-bond donors (Lipinski definition) is 1. The van der Waals surface area contributed by atoms with Gasteiger partial charge in [0.25, 0.3) is 0 Å². The van der Waals surface area contributed by atoms with Crippen molar-refractivity contribution in [3.8, 4) is 0 Å². The van der Waals surface area contributed by atoms with Crippen LogP contribution in [-0.4, -0.2) is 47.4 Å². The van der Waals surface area contributed by atoms with E-state index in [1.807, 2.05) is 24.4 Å². The summed E-state index contributed by atoms with van der Waals surface area (Å²) in [5.74, 6) is 0.819. The molecule has 0 unspecified atom stereocenters. The zero-order valence-corrected chi connectivity index (χ0v) is 20.6. The third kappa shape index (κ3) is 5.07.